The fourth-order valence-corrected chi connectivity index (χ4v) is 2.75. The Bertz CT molecular complexity index is 378. The van der Waals surface area contributed by atoms with Gasteiger partial charge >= 0.3 is 0 Å². The molecule has 4 heteroatoms. The lowest BCUT2D eigenvalue weighted by Crippen LogP contribution is -2.35. The first-order valence-electron chi connectivity index (χ1n) is 6.67. The number of para-hydroxylation sites is 1. The molecule has 1 aliphatic heterocycles. The maximum absolute atomic E-state index is 9.85. The summed E-state index contributed by atoms with van der Waals surface area (Å²) in [6, 6.07) is 5.76. The van der Waals surface area contributed by atoms with Crippen molar-refractivity contribution in [3.63, 3.8) is 0 Å². The molecule has 3 nitrogen and oxygen atoms in total. The number of halogens is 1. The molecule has 0 radical (unpaired) electrons. The summed E-state index contributed by atoms with van der Waals surface area (Å²) < 4.78 is 0.762. The average Bonchev–Trinajstić information content (AvgIpc) is 2.40. The number of aromatic hydroxyl groups is 1. The highest BCUT2D eigenvalue weighted by Crippen LogP contribution is 2.27. The molecule has 0 unspecified atom stereocenters. The molecule has 2 N–H and O–H groups in total. The minimum Gasteiger partial charge on any atom is -0.506 e. The normalized spacial score (nSPS) is 16.9. The third-order valence-electron chi connectivity index (χ3n) is 3.44. The van der Waals surface area contributed by atoms with Crippen LogP contribution in [-0.4, -0.2) is 36.2 Å². The number of hydrogen-bond donors (Lipinski definition) is 2. The minimum atomic E-state index is 0.350. The van der Waals surface area contributed by atoms with Crippen molar-refractivity contribution in [2.45, 2.75) is 25.8 Å². The van der Waals surface area contributed by atoms with Crippen LogP contribution in [0, 0.1) is 0 Å². The van der Waals surface area contributed by atoms with Gasteiger partial charge in [0.25, 0.3) is 0 Å². The largest absolute Gasteiger partial charge is 0.506 e. The van der Waals surface area contributed by atoms with Gasteiger partial charge in [0, 0.05) is 25.2 Å². The lowest BCUT2D eigenvalue weighted by Gasteiger charge is -2.26. The number of rotatable bonds is 5. The van der Waals surface area contributed by atoms with Crippen molar-refractivity contribution in [2.75, 3.05) is 26.2 Å². The second-order valence-corrected chi connectivity index (χ2v) is 5.68. The lowest BCUT2D eigenvalue weighted by molar-refractivity contribution is 0.229. The fraction of sp³-hybridized carbons (Fsp3) is 0.571. The molecule has 1 heterocycles. The van der Waals surface area contributed by atoms with E-state index in [1.165, 1.54) is 32.4 Å². The van der Waals surface area contributed by atoms with E-state index in [1.54, 1.807) is 0 Å². The van der Waals surface area contributed by atoms with E-state index in [9.17, 15) is 5.11 Å². The van der Waals surface area contributed by atoms with Crippen LogP contribution >= 0.6 is 15.9 Å². The van der Waals surface area contributed by atoms with Crippen molar-refractivity contribution in [1.29, 1.82) is 0 Å². The molecular weight excluding hydrogens is 292 g/mol. The van der Waals surface area contributed by atoms with E-state index in [4.69, 9.17) is 0 Å². The third-order valence-corrected chi connectivity index (χ3v) is 4.08. The molecule has 0 bridgehead atoms. The van der Waals surface area contributed by atoms with Gasteiger partial charge in [-0.2, -0.15) is 0 Å². The number of phenols is 1. The first-order valence-corrected chi connectivity index (χ1v) is 7.46. The van der Waals surface area contributed by atoms with Crippen LogP contribution in [0.2, 0.25) is 0 Å². The minimum absolute atomic E-state index is 0.350. The summed E-state index contributed by atoms with van der Waals surface area (Å²) in [6.07, 6.45) is 4.06. The Morgan fingerprint density at radius 3 is 2.78 bits per heavy atom. The summed E-state index contributed by atoms with van der Waals surface area (Å²) in [4.78, 5) is 2.51. The van der Waals surface area contributed by atoms with Crippen LogP contribution in [0.3, 0.4) is 0 Å². The van der Waals surface area contributed by atoms with Crippen LogP contribution in [-0.2, 0) is 6.54 Å². The van der Waals surface area contributed by atoms with Crippen molar-refractivity contribution in [2.24, 2.45) is 0 Å². The molecule has 0 spiro atoms. The van der Waals surface area contributed by atoms with Crippen LogP contribution < -0.4 is 5.32 Å². The molecule has 1 aromatic carbocycles. The first-order chi connectivity index (χ1) is 8.77. The highest BCUT2D eigenvalue weighted by molar-refractivity contribution is 9.10. The molecule has 1 fully saturated rings. The molecule has 1 saturated heterocycles. The maximum atomic E-state index is 9.85. The van der Waals surface area contributed by atoms with Gasteiger partial charge in [0.15, 0.2) is 0 Å². The molecule has 18 heavy (non-hydrogen) atoms. The van der Waals surface area contributed by atoms with Crippen LogP contribution in [0.5, 0.6) is 5.75 Å². The Kier molecular flexibility index (Phi) is 5.47. The van der Waals surface area contributed by atoms with Gasteiger partial charge in [-0.15, -0.1) is 0 Å². The molecular formula is C14H21BrN2O. The van der Waals surface area contributed by atoms with Crippen LogP contribution in [0.15, 0.2) is 22.7 Å². The summed E-state index contributed by atoms with van der Waals surface area (Å²) in [5.41, 5.74) is 0.947. The summed E-state index contributed by atoms with van der Waals surface area (Å²) in [6.45, 7) is 5.29. The summed E-state index contributed by atoms with van der Waals surface area (Å²) in [5, 5.41) is 13.2. The van der Waals surface area contributed by atoms with Gasteiger partial charge < -0.3 is 15.3 Å². The van der Waals surface area contributed by atoms with E-state index in [0.29, 0.717) is 5.75 Å². The zero-order chi connectivity index (χ0) is 12.8. The number of nitrogens with zero attached hydrogens (tertiary/aromatic N) is 1. The average molecular weight is 313 g/mol. The molecule has 0 aromatic heterocycles. The molecule has 1 aromatic rings. The maximum Gasteiger partial charge on any atom is 0.134 e. The summed E-state index contributed by atoms with van der Waals surface area (Å²) in [5.74, 6) is 0.350. The molecule has 1 aliphatic rings. The molecule has 0 saturated carbocycles. The van der Waals surface area contributed by atoms with Gasteiger partial charge in [0.1, 0.15) is 5.75 Å². The lowest BCUT2D eigenvalue weighted by atomic mass is 10.1. The topological polar surface area (TPSA) is 35.5 Å². The van der Waals surface area contributed by atoms with Gasteiger partial charge in [-0.3, -0.25) is 0 Å². The SMILES string of the molecule is Oc1c(Br)cccc1CNCCN1CCCCC1. The number of hydrogen-bond acceptors (Lipinski definition) is 3. The van der Waals surface area contributed by atoms with Crippen molar-refractivity contribution in [3.8, 4) is 5.75 Å². The van der Waals surface area contributed by atoms with Gasteiger partial charge in [-0.25, -0.2) is 0 Å². The zero-order valence-electron chi connectivity index (χ0n) is 10.7. The summed E-state index contributed by atoms with van der Waals surface area (Å²) in [7, 11) is 0. The van der Waals surface area contributed by atoms with E-state index in [-0.39, 0.29) is 0 Å². The van der Waals surface area contributed by atoms with E-state index in [0.717, 1.165) is 29.7 Å². The number of piperidine rings is 1. The Balaban J connectivity index is 1.70. The Morgan fingerprint density at radius 2 is 2.00 bits per heavy atom. The highest BCUT2D eigenvalue weighted by atomic mass is 79.9. The standard InChI is InChI=1S/C14H21BrN2O/c15-13-6-4-5-12(14(13)18)11-16-7-10-17-8-2-1-3-9-17/h4-6,16,18H,1-3,7-11H2. The quantitative estimate of drug-likeness (QED) is 0.821. The molecule has 0 atom stereocenters. The van der Waals surface area contributed by atoms with Crippen molar-refractivity contribution < 1.29 is 5.11 Å². The third kappa shape index (κ3) is 3.97. The second-order valence-electron chi connectivity index (χ2n) is 4.83. The second kappa shape index (κ2) is 7.12. The van der Waals surface area contributed by atoms with E-state index in [2.05, 4.69) is 26.1 Å². The van der Waals surface area contributed by atoms with Gasteiger partial charge in [-0.05, 0) is 47.9 Å². The Hall–Kier alpha value is -0.580. The predicted molar refractivity (Wildman–Crippen MR) is 77.8 cm³/mol. The molecule has 100 valence electrons. The molecule has 2 rings (SSSR count). The number of benzene rings is 1. The molecule has 0 aliphatic carbocycles. The predicted octanol–water partition coefficient (Wildman–Crippen LogP) is 2.73. The van der Waals surface area contributed by atoms with Gasteiger partial charge in [-0.1, -0.05) is 18.6 Å². The van der Waals surface area contributed by atoms with Crippen molar-refractivity contribution >= 4 is 15.9 Å². The zero-order valence-corrected chi connectivity index (χ0v) is 12.2. The van der Waals surface area contributed by atoms with Gasteiger partial charge in [0.05, 0.1) is 4.47 Å². The Labute approximate surface area is 117 Å². The van der Waals surface area contributed by atoms with Crippen LogP contribution in [0.4, 0.5) is 0 Å². The van der Waals surface area contributed by atoms with Crippen LogP contribution in [0.1, 0.15) is 24.8 Å². The molecule has 0 amide bonds. The van der Waals surface area contributed by atoms with Crippen molar-refractivity contribution in [3.05, 3.63) is 28.2 Å². The summed E-state index contributed by atoms with van der Waals surface area (Å²) >= 11 is 3.33. The monoisotopic (exact) mass is 312 g/mol. The number of phenolic OH excluding ortho intramolecular Hbond substituents is 1. The fourth-order valence-electron chi connectivity index (χ4n) is 2.35. The van der Waals surface area contributed by atoms with E-state index >= 15 is 0 Å². The Morgan fingerprint density at radius 1 is 1.22 bits per heavy atom. The smallest absolute Gasteiger partial charge is 0.134 e. The number of nitrogens with one attached hydrogen (secondary N) is 1. The van der Waals surface area contributed by atoms with E-state index < -0.39 is 0 Å². The van der Waals surface area contributed by atoms with E-state index in [1.807, 2.05) is 18.2 Å². The van der Waals surface area contributed by atoms with Crippen molar-refractivity contribution in [1.82, 2.24) is 10.2 Å². The highest BCUT2D eigenvalue weighted by Gasteiger charge is 2.09. The number of likely N-dealkylation sites (tertiary alicyclic amines) is 1. The van der Waals surface area contributed by atoms with Gasteiger partial charge in [0.2, 0.25) is 0 Å². The van der Waals surface area contributed by atoms with Crippen LogP contribution in [0.25, 0.3) is 0 Å². The first kappa shape index (κ1) is 13.8.